The molecule has 9 nitrogen and oxygen atoms in total. The molecule has 0 atom stereocenters. The lowest BCUT2D eigenvalue weighted by Gasteiger charge is -2.06. The van der Waals surface area contributed by atoms with Crippen molar-refractivity contribution in [1.82, 2.24) is 0 Å². The van der Waals surface area contributed by atoms with Crippen LogP contribution in [0.25, 0.3) is 12.2 Å². The van der Waals surface area contributed by atoms with E-state index in [0.717, 1.165) is 6.08 Å². The maximum Gasteiger partial charge on any atom is 0.363 e. The largest absolute Gasteiger partial charge is 0.497 e. The van der Waals surface area contributed by atoms with Crippen LogP contribution in [0.15, 0.2) is 88.0 Å². The first-order valence-electron chi connectivity index (χ1n) is 10.4. The quantitative estimate of drug-likeness (QED) is 0.129. The zero-order chi connectivity index (χ0) is 25.7. The normalized spacial score (nSPS) is 14.0. The van der Waals surface area contributed by atoms with E-state index in [-0.39, 0.29) is 23.0 Å². The number of non-ortho nitro benzene ring substituents is 1. The summed E-state index contributed by atoms with van der Waals surface area (Å²) in [5.41, 5.74) is 1.41. The van der Waals surface area contributed by atoms with Crippen LogP contribution < -0.4 is 9.47 Å². The van der Waals surface area contributed by atoms with Crippen molar-refractivity contribution in [2.75, 3.05) is 7.11 Å². The minimum absolute atomic E-state index is 0.0309. The van der Waals surface area contributed by atoms with Crippen LogP contribution in [-0.4, -0.2) is 29.9 Å². The summed E-state index contributed by atoms with van der Waals surface area (Å²) in [4.78, 5) is 39.5. The standard InChI is InChI=1S/C26H17BrN2O7/c1-34-21-9-6-17(7-10-21)25-28-22(26(31)36-25)15-18-14-19(27)8-11-23(18)35-24(30)12-5-16-3-2-4-20(13-16)29(32)33/h2-15H,1H3/b12-5+,22-15-. The molecule has 3 aromatic rings. The Labute approximate surface area is 213 Å². The summed E-state index contributed by atoms with van der Waals surface area (Å²) in [7, 11) is 1.55. The first-order chi connectivity index (χ1) is 17.3. The number of carbonyl (C=O) groups is 2. The molecule has 3 aromatic carbocycles. The molecule has 0 radical (unpaired) electrons. The molecule has 0 amide bonds. The van der Waals surface area contributed by atoms with Gasteiger partial charge in [0.25, 0.3) is 5.69 Å². The second-order valence-electron chi connectivity index (χ2n) is 7.35. The number of nitro groups is 1. The third kappa shape index (κ3) is 5.91. The van der Waals surface area contributed by atoms with Gasteiger partial charge in [0.05, 0.1) is 12.0 Å². The molecule has 0 unspecified atom stereocenters. The fourth-order valence-electron chi connectivity index (χ4n) is 3.19. The lowest BCUT2D eigenvalue weighted by Crippen LogP contribution is -2.06. The van der Waals surface area contributed by atoms with Crippen molar-refractivity contribution in [2.45, 2.75) is 0 Å². The fourth-order valence-corrected chi connectivity index (χ4v) is 3.57. The molecule has 0 saturated heterocycles. The molecule has 0 saturated carbocycles. The average Bonchev–Trinajstić information content (AvgIpc) is 3.24. The lowest BCUT2D eigenvalue weighted by molar-refractivity contribution is -0.384. The first kappa shape index (κ1) is 24.6. The number of methoxy groups -OCH3 is 1. The molecule has 4 rings (SSSR count). The summed E-state index contributed by atoms with van der Waals surface area (Å²) >= 11 is 3.37. The minimum Gasteiger partial charge on any atom is -0.497 e. The van der Waals surface area contributed by atoms with Gasteiger partial charge in [0.15, 0.2) is 5.70 Å². The van der Waals surface area contributed by atoms with Crippen molar-refractivity contribution in [3.8, 4) is 11.5 Å². The molecule has 1 aliphatic rings. The van der Waals surface area contributed by atoms with Crippen molar-refractivity contribution in [3.63, 3.8) is 0 Å². The van der Waals surface area contributed by atoms with Crippen LogP contribution in [0.3, 0.4) is 0 Å². The maximum atomic E-state index is 12.4. The molecule has 0 aliphatic carbocycles. The molecular formula is C26H17BrN2O7. The molecule has 0 spiro atoms. The van der Waals surface area contributed by atoms with E-state index in [1.165, 1.54) is 30.4 Å². The number of halogens is 1. The number of ether oxygens (including phenoxy) is 3. The van der Waals surface area contributed by atoms with E-state index in [0.29, 0.717) is 26.9 Å². The Morgan fingerprint density at radius 2 is 1.89 bits per heavy atom. The Balaban J connectivity index is 1.56. The van der Waals surface area contributed by atoms with Crippen LogP contribution in [0.4, 0.5) is 5.69 Å². The van der Waals surface area contributed by atoms with Crippen molar-refractivity contribution in [1.29, 1.82) is 0 Å². The van der Waals surface area contributed by atoms with E-state index >= 15 is 0 Å². The van der Waals surface area contributed by atoms with Crippen molar-refractivity contribution in [3.05, 3.63) is 110 Å². The van der Waals surface area contributed by atoms with Gasteiger partial charge in [0, 0.05) is 33.8 Å². The van der Waals surface area contributed by atoms with Crippen LogP contribution in [-0.2, 0) is 14.3 Å². The zero-order valence-electron chi connectivity index (χ0n) is 18.7. The third-order valence-electron chi connectivity index (χ3n) is 4.92. The molecular weight excluding hydrogens is 532 g/mol. The predicted molar refractivity (Wildman–Crippen MR) is 136 cm³/mol. The van der Waals surface area contributed by atoms with Gasteiger partial charge in [-0.05, 0) is 60.2 Å². The highest BCUT2D eigenvalue weighted by atomic mass is 79.9. The van der Waals surface area contributed by atoms with E-state index in [2.05, 4.69) is 20.9 Å². The molecule has 1 heterocycles. The summed E-state index contributed by atoms with van der Waals surface area (Å²) in [5, 5.41) is 10.9. The van der Waals surface area contributed by atoms with Crippen LogP contribution in [0.5, 0.6) is 11.5 Å². The number of rotatable bonds is 7. The lowest BCUT2D eigenvalue weighted by atomic mass is 10.1. The number of aliphatic imine (C=N–C) groups is 1. The smallest absolute Gasteiger partial charge is 0.363 e. The van der Waals surface area contributed by atoms with Crippen molar-refractivity contribution < 1.29 is 28.7 Å². The van der Waals surface area contributed by atoms with Crippen LogP contribution in [0.2, 0.25) is 0 Å². The number of hydrogen-bond acceptors (Lipinski definition) is 8. The van der Waals surface area contributed by atoms with Gasteiger partial charge in [-0.15, -0.1) is 0 Å². The SMILES string of the molecule is COc1ccc(C2=N/C(=C\c3cc(Br)ccc3OC(=O)/C=C/c3cccc([N+](=O)[O-])c3)C(=O)O2)cc1. The van der Waals surface area contributed by atoms with Crippen LogP contribution in [0, 0.1) is 10.1 Å². The van der Waals surface area contributed by atoms with Gasteiger partial charge in [-0.25, -0.2) is 14.6 Å². The number of hydrogen-bond donors (Lipinski definition) is 0. The summed E-state index contributed by atoms with van der Waals surface area (Å²) in [6, 6.07) is 17.6. The number of nitrogens with zero attached hydrogens (tertiary/aromatic N) is 2. The maximum absolute atomic E-state index is 12.4. The Morgan fingerprint density at radius 1 is 1.11 bits per heavy atom. The van der Waals surface area contributed by atoms with Gasteiger partial charge >= 0.3 is 11.9 Å². The number of benzene rings is 3. The first-order valence-corrected chi connectivity index (χ1v) is 11.2. The highest BCUT2D eigenvalue weighted by molar-refractivity contribution is 9.10. The topological polar surface area (TPSA) is 117 Å². The average molecular weight is 549 g/mol. The summed E-state index contributed by atoms with van der Waals surface area (Å²) < 4.78 is 16.6. The molecule has 0 bridgehead atoms. The number of carbonyl (C=O) groups excluding carboxylic acids is 2. The van der Waals surface area contributed by atoms with Crippen LogP contribution in [0.1, 0.15) is 16.7 Å². The Bertz CT molecular complexity index is 1440. The predicted octanol–water partition coefficient (Wildman–Crippen LogP) is 5.33. The molecule has 0 aromatic heterocycles. The highest BCUT2D eigenvalue weighted by Crippen LogP contribution is 2.28. The fraction of sp³-hybridized carbons (Fsp3) is 0.0385. The molecule has 0 fully saturated rings. The minimum atomic E-state index is -0.708. The molecule has 1 aliphatic heterocycles. The summed E-state index contributed by atoms with van der Waals surface area (Å²) in [6.45, 7) is 0. The van der Waals surface area contributed by atoms with E-state index < -0.39 is 16.9 Å². The van der Waals surface area contributed by atoms with Gasteiger partial charge in [-0.3, -0.25) is 10.1 Å². The Kier molecular flexibility index (Phi) is 7.36. The van der Waals surface area contributed by atoms with Gasteiger partial charge in [-0.2, -0.15) is 0 Å². The third-order valence-corrected chi connectivity index (χ3v) is 5.42. The second kappa shape index (κ2) is 10.8. The number of cyclic esters (lactones) is 1. The van der Waals surface area contributed by atoms with Gasteiger partial charge in [-0.1, -0.05) is 28.1 Å². The zero-order valence-corrected chi connectivity index (χ0v) is 20.3. The number of esters is 2. The monoisotopic (exact) mass is 548 g/mol. The van der Waals surface area contributed by atoms with E-state index in [4.69, 9.17) is 14.2 Å². The van der Waals surface area contributed by atoms with Gasteiger partial charge in [0.1, 0.15) is 11.5 Å². The highest BCUT2D eigenvalue weighted by Gasteiger charge is 2.25. The molecule has 180 valence electrons. The molecule has 0 N–H and O–H groups in total. The van der Waals surface area contributed by atoms with Gasteiger partial charge < -0.3 is 14.2 Å². The second-order valence-corrected chi connectivity index (χ2v) is 8.27. The molecule has 10 heteroatoms. The van der Waals surface area contributed by atoms with Crippen LogP contribution >= 0.6 is 15.9 Å². The summed E-state index contributed by atoms with van der Waals surface area (Å²) in [6.07, 6.45) is 4.02. The van der Waals surface area contributed by atoms with Crippen molar-refractivity contribution >= 4 is 51.6 Å². The Hall–Kier alpha value is -4.57. The van der Waals surface area contributed by atoms with E-state index in [1.807, 2.05) is 0 Å². The van der Waals surface area contributed by atoms with E-state index in [9.17, 15) is 19.7 Å². The molecule has 36 heavy (non-hydrogen) atoms. The Morgan fingerprint density at radius 3 is 2.61 bits per heavy atom. The van der Waals surface area contributed by atoms with Gasteiger partial charge in [0.2, 0.25) is 5.90 Å². The van der Waals surface area contributed by atoms with E-state index in [1.54, 1.807) is 55.6 Å². The van der Waals surface area contributed by atoms with Crippen molar-refractivity contribution in [2.24, 2.45) is 4.99 Å². The number of nitro benzene ring substituents is 1. The summed E-state index contributed by atoms with van der Waals surface area (Å²) in [5.74, 6) is -0.384.